The summed E-state index contributed by atoms with van der Waals surface area (Å²) in [5.41, 5.74) is 2.06. The van der Waals surface area contributed by atoms with Gasteiger partial charge in [-0.2, -0.15) is 5.10 Å². The number of aromatic nitrogens is 2. The van der Waals surface area contributed by atoms with Crippen LogP contribution >= 0.6 is 24.0 Å². The standard InChI is InChI=1S/C18H35N5O2S.HI/c1-7-19-17(21-14-18(4,5)9-12-26(6,24)25)20-10-8-11-23-16(3)13-15(2)22-23;/h13H,7-12,14H2,1-6H3,(H2,19,20,21);1H. The number of aryl methyl sites for hydroxylation is 3. The minimum atomic E-state index is -2.94. The van der Waals surface area contributed by atoms with Crippen molar-refractivity contribution in [1.82, 2.24) is 20.4 Å². The van der Waals surface area contributed by atoms with Crippen molar-refractivity contribution in [3.63, 3.8) is 0 Å². The van der Waals surface area contributed by atoms with Crippen molar-refractivity contribution in [3.8, 4) is 0 Å². The summed E-state index contributed by atoms with van der Waals surface area (Å²) in [5, 5.41) is 11.0. The number of nitrogens with one attached hydrogen (secondary N) is 2. The van der Waals surface area contributed by atoms with Crippen LogP contribution in [0.25, 0.3) is 0 Å². The predicted molar refractivity (Wildman–Crippen MR) is 124 cm³/mol. The Morgan fingerprint density at radius 1 is 1.30 bits per heavy atom. The summed E-state index contributed by atoms with van der Waals surface area (Å²) >= 11 is 0. The van der Waals surface area contributed by atoms with Crippen molar-refractivity contribution in [2.24, 2.45) is 10.4 Å². The van der Waals surface area contributed by atoms with E-state index in [0.717, 1.165) is 37.7 Å². The van der Waals surface area contributed by atoms with Gasteiger partial charge in [-0.05, 0) is 45.1 Å². The van der Waals surface area contributed by atoms with Crippen molar-refractivity contribution < 1.29 is 8.42 Å². The molecule has 9 heteroatoms. The van der Waals surface area contributed by atoms with Crippen LogP contribution < -0.4 is 10.6 Å². The van der Waals surface area contributed by atoms with Gasteiger partial charge in [0.15, 0.2) is 5.96 Å². The normalized spacial score (nSPS) is 12.6. The van der Waals surface area contributed by atoms with Crippen molar-refractivity contribution in [2.45, 2.75) is 54.0 Å². The number of guanidine groups is 1. The quantitative estimate of drug-likeness (QED) is 0.217. The average molecular weight is 513 g/mol. The summed E-state index contributed by atoms with van der Waals surface area (Å²) < 4.78 is 24.8. The lowest BCUT2D eigenvalue weighted by atomic mass is 9.90. The topological polar surface area (TPSA) is 88.4 Å². The Bertz CT molecular complexity index is 699. The molecule has 0 bridgehead atoms. The van der Waals surface area contributed by atoms with Gasteiger partial charge in [0.25, 0.3) is 0 Å². The molecule has 0 aliphatic heterocycles. The average Bonchev–Trinajstić information content (AvgIpc) is 2.84. The van der Waals surface area contributed by atoms with E-state index in [-0.39, 0.29) is 35.1 Å². The fourth-order valence-electron chi connectivity index (χ4n) is 2.51. The first kappa shape index (κ1) is 26.2. The van der Waals surface area contributed by atoms with Gasteiger partial charge in [0.05, 0.1) is 11.4 Å². The molecular weight excluding hydrogens is 477 g/mol. The summed E-state index contributed by atoms with van der Waals surface area (Å²) in [6.07, 6.45) is 2.83. The zero-order valence-electron chi connectivity index (χ0n) is 17.5. The zero-order valence-corrected chi connectivity index (χ0v) is 20.6. The van der Waals surface area contributed by atoms with Crippen LogP contribution in [0.15, 0.2) is 11.1 Å². The van der Waals surface area contributed by atoms with Gasteiger partial charge in [-0.15, -0.1) is 24.0 Å². The SMILES string of the molecule is CCNC(=NCC(C)(C)CCS(C)(=O)=O)NCCCn1nc(C)cc1C.I. The molecule has 0 unspecified atom stereocenters. The number of hydrogen-bond acceptors (Lipinski definition) is 4. The van der Waals surface area contributed by atoms with Crippen molar-refractivity contribution in [3.05, 3.63) is 17.5 Å². The maximum atomic E-state index is 11.4. The van der Waals surface area contributed by atoms with Gasteiger partial charge in [-0.25, -0.2) is 8.42 Å². The molecule has 0 saturated heterocycles. The van der Waals surface area contributed by atoms with Gasteiger partial charge in [-0.1, -0.05) is 13.8 Å². The smallest absolute Gasteiger partial charge is 0.191 e. The minimum Gasteiger partial charge on any atom is -0.357 e. The molecule has 0 radical (unpaired) electrons. The Balaban J connectivity index is 0.00000676. The van der Waals surface area contributed by atoms with E-state index in [0.29, 0.717) is 13.0 Å². The van der Waals surface area contributed by atoms with Gasteiger partial charge in [0.2, 0.25) is 0 Å². The van der Waals surface area contributed by atoms with E-state index in [1.165, 1.54) is 11.9 Å². The summed E-state index contributed by atoms with van der Waals surface area (Å²) in [6.45, 7) is 13.2. The van der Waals surface area contributed by atoms with Crippen molar-refractivity contribution in [1.29, 1.82) is 0 Å². The number of hydrogen-bond donors (Lipinski definition) is 2. The van der Waals surface area contributed by atoms with Crippen LogP contribution in [0, 0.1) is 19.3 Å². The molecule has 1 aromatic heterocycles. The number of rotatable bonds is 10. The van der Waals surface area contributed by atoms with E-state index in [9.17, 15) is 8.42 Å². The molecular formula is C18H36IN5O2S. The highest BCUT2D eigenvalue weighted by molar-refractivity contribution is 14.0. The molecule has 0 aromatic carbocycles. The minimum absolute atomic E-state index is 0. The van der Waals surface area contributed by atoms with Crippen LogP contribution in [0.4, 0.5) is 0 Å². The molecule has 1 aromatic rings. The lowest BCUT2D eigenvalue weighted by molar-refractivity contribution is 0.365. The van der Waals surface area contributed by atoms with Crippen LogP contribution in [-0.4, -0.2) is 55.8 Å². The highest BCUT2D eigenvalue weighted by Gasteiger charge is 2.20. The molecule has 0 aliphatic rings. The second-order valence-electron chi connectivity index (χ2n) is 7.67. The monoisotopic (exact) mass is 513 g/mol. The Morgan fingerprint density at radius 3 is 2.48 bits per heavy atom. The molecule has 2 N–H and O–H groups in total. The summed E-state index contributed by atoms with van der Waals surface area (Å²) in [6, 6.07) is 2.08. The molecule has 1 rings (SSSR count). The molecule has 27 heavy (non-hydrogen) atoms. The Kier molecular flexibility index (Phi) is 11.5. The fourth-order valence-corrected chi connectivity index (χ4v) is 3.44. The summed E-state index contributed by atoms with van der Waals surface area (Å²) in [4.78, 5) is 4.63. The van der Waals surface area contributed by atoms with E-state index in [1.54, 1.807) is 0 Å². The summed E-state index contributed by atoms with van der Waals surface area (Å²) in [5.74, 6) is 0.968. The van der Waals surface area contributed by atoms with Gasteiger partial charge in [0.1, 0.15) is 9.84 Å². The number of halogens is 1. The van der Waals surface area contributed by atoms with Crippen LogP contribution in [-0.2, 0) is 16.4 Å². The van der Waals surface area contributed by atoms with Crippen molar-refractivity contribution >= 4 is 39.8 Å². The molecule has 7 nitrogen and oxygen atoms in total. The molecule has 0 amide bonds. The third-order valence-corrected chi connectivity index (χ3v) is 5.05. The van der Waals surface area contributed by atoms with Crippen molar-refractivity contribution in [2.75, 3.05) is 31.6 Å². The Morgan fingerprint density at radius 2 is 1.96 bits per heavy atom. The number of aliphatic imine (C=N–C) groups is 1. The zero-order chi connectivity index (χ0) is 19.8. The second-order valence-corrected chi connectivity index (χ2v) is 9.93. The van der Waals surface area contributed by atoms with Crippen LogP contribution in [0.5, 0.6) is 0 Å². The molecule has 1 heterocycles. The van der Waals surface area contributed by atoms with E-state index < -0.39 is 9.84 Å². The summed E-state index contributed by atoms with van der Waals surface area (Å²) in [7, 11) is -2.94. The van der Waals surface area contributed by atoms with Crippen LogP contribution in [0.3, 0.4) is 0 Å². The van der Waals surface area contributed by atoms with Gasteiger partial charge >= 0.3 is 0 Å². The molecule has 0 fully saturated rings. The molecule has 0 atom stereocenters. The lowest BCUT2D eigenvalue weighted by Gasteiger charge is -2.22. The highest BCUT2D eigenvalue weighted by Crippen LogP contribution is 2.21. The van der Waals surface area contributed by atoms with E-state index in [1.807, 2.05) is 32.4 Å². The van der Waals surface area contributed by atoms with Gasteiger partial charge in [0, 0.05) is 38.1 Å². The van der Waals surface area contributed by atoms with Crippen LogP contribution in [0.1, 0.15) is 45.0 Å². The van der Waals surface area contributed by atoms with E-state index in [2.05, 4.69) is 33.7 Å². The van der Waals surface area contributed by atoms with Gasteiger partial charge < -0.3 is 10.6 Å². The second kappa shape index (κ2) is 11.9. The largest absolute Gasteiger partial charge is 0.357 e. The first-order valence-corrected chi connectivity index (χ1v) is 11.3. The first-order chi connectivity index (χ1) is 12.0. The fraction of sp³-hybridized carbons (Fsp3) is 0.778. The molecule has 158 valence electrons. The molecule has 0 saturated carbocycles. The van der Waals surface area contributed by atoms with E-state index >= 15 is 0 Å². The van der Waals surface area contributed by atoms with Crippen LogP contribution in [0.2, 0.25) is 0 Å². The third kappa shape index (κ3) is 11.6. The maximum Gasteiger partial charge on any atom is 0.191 e. The molecule has 0 spiro atoms. The predicted octanol–water partition coefficient (Wildman–Crippen LogP) is 2.52. The van der Waals surface area contributed by atoms with E-state index in [4.69, 9.17) is 0 Å². The van der Waals surface area contributed by atoms with Gasteiger partial charge in [-0.3, -0.25) is 9.67 Å². The maximum absolute atomic E-state index is 11.4. The third-order valence-electron chi connectivity index (χ3n) is 4.10. The molecule has 0 aliphatic carbocycles. The number of nitrogens with zero attached hydrogens (tertiary/aromatic N) is 3. The Labute approximate surface area is 181 Å². The first-order valence-electron chi connectivity index (χ1n) is 9.23. The lowest BCUT2D eigenvalue weighted by Crippen LogP contribution is -2.39. The highest BCUT2D eigenvalue weighted by atomic mass is 127. The number of sulfone groups is 1. The Hall–Kier alpha value is -0.840.